The highest BCUT2D eigenvalue weighted by atomic mass is 35.5. The van der Waals surface area contributed by atoms with Crippen LogP contribution < -0.4 is 81.2 Å². The molecule has 0 unspecified atom stereocenters. The highest BCUT2D eigenvalue weighted by Gasteiger charge is 2.08. The molecule has 16 heteroatoms. The fraction of sp³-hybridized carbons (Fsp3) is 0.325. The van der Waals surface area contributed by atoms with Gasteiger partial charge in [0.05, 0.1) is 0 Å². The number of aryl methyl sites for hydroxylation is 4. The Bertz CT molecular complexity index is 3140. The molecule has 3 heterocycles. The molecule has 8 aromatic rings. The minimum atomic E-state index is -0.319. The number of carbonyl (C=O) groups is 3. The van der Waals surface area contributed by atoms with Crippen molar-refractivity contribution in [3.05, 3.63) is 245 Å². The zero-order valence-corrected chi connectivity index (χ0v) is 58.8. The number of nitrogens with one attached hydrogen (secondary N) is 2. The van der Waals surface area contributed by atoms with Crippen LogP contribution in [0.1, 0.15) is 119 Å². The first-order chi connectivity index (χ1) is 43.8. The van der Waals surface area contributed by atoms with Crippen LogP contribution >= 0.6 is 0 Å². The average molecular weight is 1330 g/mol. The Balaban J connectivity index is 0.000000684. The van der Waals surface area contributed by atoms with E-state index in [1.807, 2.05) is 62.6 Å². The third-order valence-corrected chi connectivity index (χ3v) is 15.2. The Morgan fingerprint density at radius 1 is 0.366 bits per heavy atom. The maximum Gasteiger partial charge on any atom is 0.205 e. The highest BCUT2D eigenvalue weighted by molar-refractivity contribution is 5.77. The van der Waals surface area contributed by atoms with Crippen LogP contribution in [0.3, 0.4) is 0 Å². The van der Waals surface area contributed by atoms with Crippen LogP contribution in [0.4, 0.5) is 27.1 Å². The van der Waals surface area contributed by atoms with E-state index < -0.39 is 0 Å². The number of aromatic nitrogens is 3. The van der Waals surface area contributed by atoms with E-state index in [1.54, 1.807) is 0 Å². The lowest BCUT2D eigenvalue weighted by atomic mass is 10.1. The van der Waals surface area contributed by atoms with Gasteiger partial charge >= 0.3 is 0 Å². The molecule has 0 fully saturated rings. The lowest BCUT2D eigenvalue weighted by Gasteiger charge is -2.22. The van der Waals surface area contributed by atoms with Gasteiger partial charge in [0, 0.05) is 149 Å². The van der Waals surface area contributed by atoms with Crippen molar-refractivity contribution in [2.24, 2.45) is 0 Å². The van der Waals surface area contributed by atoms with Crippen molar-refractivity contribution in [3.8, 4) is 0 Å². The first kappa shape index (κ1) is 83.0. The van der Waals surface area contributed by atoms with Gasteiger partial charge in [-0.1, -0.05) is 30.3 Å². The van der Waals surface area contributed by atoms with Gasteiger partial charge in [-0.15, -0.1) is 0 Å². The number of halogens is 4. The minimum absolute atomic E-state index is 0. The van der Waals surface area contributed by atoms with E-state index in [0.29, 0.717) is 23.0 Å². The molecule has 0 bridgehead atoms. The fourth-order valence-electron chi connectivity index (χ4n) is 9.49. The number of carbonyl (C=O) groups excluding carboxylic acids is 3. The maximum absolute atomic E-state index is 12.1. The van der Waals surface area contributed by atoms with E-state index in [2.05, 4.69) is 246 Å². The lowest BCUT2D eigenvalue weighted by molar-refractivity contribution is -0.699. The summed E-state index contributed by atoms with van der Waals surface area (Å²) < 4.78 is 18.8. The van der Waals surface area contributed by atoms with Gasteiger partial charge in [-0.2, -0.15) is 9.13 Å². The van der Waals surface area contributed by atoms with Gasteiger partial charge in [-0.05, 0) is 219 Å². The van der Waals surface area contributed by atoms with Crippen LogP contribution in [0.15, 0.2) is 195 Å². The summed E-state index contributed by atoms with van der Waals surface area (Å²) in [5.41, 5.74) is 12.9. The standard InChI is InChI=1S/C36H44N4.C20H24N2O2.C8H12N.C7H5FO.C6H16N2.3ClH/c1-5-39-29-9-7-13-35(39)25-19-31-15-21-33(22-16-31)37(3)27-11-12-28-38(4)34-23-17-32(18-24-34)20-26-36-14-8-10-30-40(36)6-2;1-21(19-9-5-17(15-23)6-10-19)13-3-4-14-22(2)20-11-7-18(16-24)8-12-20;1-3-9-7-5-4-6-8(9)2;8-7-3-1-6(5-9)2-4-7;1-7-5-3-4-6-8-2;;;/h7-10,13-26,29-30H,5-6,11-12,27-28H2,1-4H3;5-12,15-16H,3-4,13-14H2,1-2H3;4-7H,3H2,1-2H3;1-5H;7-8H,3-6H2,1-2H3;3*1H/q+2;;+1;;;;;/p-3. The van der Waals surface area contributed by atoms with Crippen LogP contribution in [-0.2, 0) is 19.6 Å². The van der Waals surface area contributed by atoms with Crippen molar-refractivity contribution >= 4 is 65.9 Å². The summed E-state index contributed by atoms with van der Waals surface area (Å²) in [6.45, 7) is 17.9. The van der Waals surface area contributed by atoms with Gasteiger partial charge in [0.2, 0.25) is 11.4 Å². The molecule has 12 nitrogen and oxygen atoms in total. The van der Waals surface area contributed by atoms with E-state index >= 15 is 0 Å². The fourth-order valence-corrected chi connectivity index (χ4v) is 9.49. The molecule has 0 amide bonds. The second-order valence-corrected chi connectivity index (χ2v) is 21.9. The number of unbranched alkanes of at least 4 members (excludes halogenated alkanes) is 3. The van der Waals surface area contributed by atoms with Gasteiger partial charge in [-0.3, -0.25) is 14.4 Å². The predicted molar refractivity (Wildman–Crippen MR) is 376 cm³/mol. The van der Waals surface area contributed by atoms with Crippen molar-refractivity contribution in [2.45, 2.75) is 85.9 Å². The first-order valence-corrected chi connectivity index (χ1v) is 31.7. The summed E-state index contributed by atoms with van der Waals surface area (Å²) in [6, 6.07) is 57.2. The zero-order valence-electron chi connectivity index (χ0n) is 56.5. The summed E-state index contributed by atoms with van der Waals surface area (Å²) >= 11 is 0. The second-order valence-electron chi connectivity index (χ2n) is 21.9. The van der Waals surface area contributed by atoms with Gasteiger partial charge in [-0.25, -0.2) is 8.96 Å². The third kappa shape index (κ3) is 32.4. The lowest BCUT2D eigenvalue weighted by Crippen LogP contribution is -3.00. The molecule has 0 aliphatic heterocycles. The molecule has 0 spiro atoms. The van der Waals surface area contributed by atoms with Crippen LogP contribution in [0.25, 0.3) is 24.3 Å². The molecule has 0 aliphatic carbocycles. The molecular formula is C77H101Cl3FN9O3. The molecule has 0 aliphatic rings. The second kappa shape index (κ2) is 49.6. The van der Waals surface area contributed by atoms with Crippen LogP contribution in [0.2, 0.25) is 0 Å². The first-order valence-electron chi connectivity index (χ1n) is 31.7. The summed E-state index contributed by atoms with van der Waals surface area (Å²) in [5.74, 6) is -0.319. The number of aldehydes is 3. The third-order valence-electron chi connectivity index (χ3n) is 15.2. The Labute approximate surface area is 575 Å². The molecule has 93 heavy (non-hydrogen) atoms. The molecule has 0 atom stereocenters. The normalized spacial score (nSPS) is 10.2. The molecular weight excluding hydrogens is 1220 g/mol. The largest absolute Gasteiger partial charge is 1.00 e. The molecule has 3 aromatic heterocycles. The number of rotatable bonds is 29. The predicted octanol–water partition coefficient (Wildman–Crippen LogP) is 4.82. The van der Waals surface area contributed by atoms with Crippen LogP contribution in [0.5, 0.6) is 0 Å². The van der Waals surface area contributed by atoms with Crippen molar-refractivity contribution in [1.82, 2.24) is 10.6 Å². The van der Waals surface area contributed by atoms with Gasteiger partial charge in [0.1, 0.15) is 44.3 Å². The van der Waals surface area contributed by atoms with Crippen molar-refractivity contribution in [2.75, 3.05) is 101 Å². The van der Waals surface area contributed by atoms with Gasteiger partial charge in [0.25, 0.3) is 0 Å². The molecule has 0 saturated heterocycles. The quantitative estimate of drug-likeness (QED) is 0.0389. The Hall–Kier alpha value is -8.04. The SMILES string of the molecule is CC[n+]1ccccc1/C=C/c1ccc(N(C)CCCCN(C)c2ccc(/C=C/c3cccc[n+]3CC)cc2)cc1.CC[n+]1ccccc1C.CN(CCCCN(C)c1ccc(C=O)cc1)c1ccc(C=O)cc1.CNCCCCNC.O=Cc1ccc(F)cc1.[Cl-].[Cl-].[Cl-]. The van der Waals surface area contributed by atoms with Gasteiger partial charge in [0.15, 0.2) is 24.3 Å². The number of nitrogens with zero attached hydrogens (tertiary/aromatic N) is 7. The van der Waals surface area contributed by atoms with Gasteiger partial charge < -0.3 is 67.5 Å². The maximum atomic E-state index is 12.1. The number of hydrogen-bond acceptors (Lipinski definition) is 9. The van der Waals surface area contributed by atoms with Crippen molar-refractivity contribution in [3.63, 3.8) is 0 Å². The van der Waals surface area contributed by atoms with E-state index in [4.69, 9.17) is 0 Å². The smallest absolute Gasteiger partial charge is 0.205 e. The Kier molecular flexibility index (Phi) is 44.2. The summed E-state index contributed by atoms with van der Waals surface area (Å²) in [5, 5.41) is 6.20. The molecule has 0 saturated carbocycles. The van der Waals surface area contributed by atoms with Crippen molar-refractivity contribution in [1.29, 1.82) is 0 Å². The zero-order chi connectivity index (χ0) is 65.1. The van der Waals surface area contributed by atoms with Crippen LogP contribution in [0, 0.1) is 12.7 Å². The molecule has 8 rings (SSSR count). The molecule has 5 aromatic carbocycles. The molecule has 0 radical (unpaired) electrons. The summed E-state index contributed by atoms with van der Waals surface area (Å²) in [7, 11) is 12.5. The minimum Gasteiger partial charge on any atom is -1.00 e. The number of benzene rings is 5. The average Bonchev–Trinajstić information content (AvgIpc) is 3.71. The van der Waals surface area contributed by atoms with E-state index in [0.717, 1.165) is 109 Å². The monoisotopic (exact) mass is 1320 g/mol. The van der Waals surface area contributed by atoms with Crippen molar-refractivity contribution < 1.29 is 69.7 Å². The number of pyridine rings is 3. The number of hydrogen-bond donors (Lipinski definition) is 2. The van der Waals surface area contributed by atoms with Crippen LogP contribution in [-0.4, -0.2) is 100 Å². The summed E-state index contributed by atoms with van der Waals surface area (Å²) in [4.78, 5) is 40.5. The van der Waals surface area contributed by atoms with E-state index in [1.165, 1.54) is 76.7 Å². The molecule has 500 valence electrons. The Morgan fingerprint density at radius 3 is 0.914 bits per heavy atom. The summed E-state index contributed by atoms with van der Waals surface area (Å²) in [6.07, 6.45) is 24.5. The highest BCUT2D eigenvalue weighted by Crippen LogP contribution is 2.20. The number of anilines is 4. The van der Waals surface area contributed by atoms with E-state index in [-0.39, 0.29) is 43.0 Å². The Morgan fingerprint density at radius 2 is 0.645 bits per heavy atom. The topological polar surface area (TPSA) is 99.9 Å². The molecule has 2 N–H and O–H groups in total. The van der Waals surface area contributed by atoms with E-state index in [9.17, 15) is 18.8 Å².